The second-order valence-corrected chi connectivity index (χ2v) is 8.33. The number of benzene rings is 1. The van der Waals surface area contributed by atoms with Gasteiger partial charge in [-0.05, 0) is 37.3 Å². The molecule has 27 heavy (non-hydrogen) atoms. The Kier molecular flexibility index (Phi) is 5.68. The molecule has 4 rings (SSSR count). The van der Waals surface area contributed by atoms with Gasteiger partial charge in [0.15, 0.2) is 0 Å². The number of hydrazine groups is 1. The average molecular weight is 391 g/mol. The van der Waals surface area contributed by atoms with E-state index in [9.17, 15) is 9.59 Å². The van der Waals surface area contributed by atoms with Gasteiger partial charge >= 0.3 is 0 Å². The largest absolute Gasteiger partial charge is 0.377 e. The van der Waals surface area contributed by atoms with Crippen molar-refractivity contribution in [3.8, 4) is 0 Å². The number of carbonyl (C=O) groups excluding carboxylic acids is 2. The van der Waals surface area contributed by atoms with Crippen LogP contribution >= 0.6 is 11.8 Å². The minimum atomic E-state index is -0.304. The first-order valence-corrected chi connectivity index (χ1v) is 10.7. The summed E-state index contributed by atoms with van der Waals surface area (Å²) in [5.74, 6) is -0.598. The Labute approximate surface area is 163 Å². The van der Waals surface area contributed by atoms with Crippen LogP contribution in [0.2, 0.25) is 0 Å². The highest BCUT2D eigenvalue weighted by molar-refractivity contribution is 7.98. The zero-order chi connectivity index (χ0) is 18.8. The highest BCUT2D eigenvalue weighted by atomic mass is 32.2. The predicted octanol–water partition coefficient (Wildman–Crippen LogP) is 1.08. The summed E-state index contributed by atoms with van der Waals surface area (Å²) in [6.07, 6.45) is 4.35. The number of rotatable bonds is 5. The molecule has 3 saturated heterocycles. The molecule has 3 fully saturated rings. The number of nitrogens with zero attached hydrogens (tertiary/aromatic N) is 1. The van der Waals surface area contributed by atoms with Crippen LogP contribution in [0.3, 0.4) is 0 Å². The fraction of sp³-hybridized carbons (Fsp3) is 0.579. The fourth-order valence-electron chi connectivity index (χ4n) is 4.24. The summed E-state index contributed by atoms with van der Waals surface area (Å²) in [5.41, 5.74) is 6.54. The molecule has 3 aliphatic heterocycles. The SMILES string of the molecule is CSc1cccc(NC(=O)C2CN(CC3CCCO3)CC3C(=O)NNC32)c1. The zero-order valence-corrected chi connectivity index (χ0v) is 16.3. The number of nitrogens with one attached hydrogen (secondary N) is 3. The maximum Gasteiger partial charge on any atom is 0.240 e. The molecule has 0 spiro atoms. The number of thioether (sulfide) groups is 1. The first-order valence-electron chi connectivity index (χ1n) is 9.48. The van der Waals surface area contributed by atoms with Gasteiger partial charge in [-0.1, -0.05) is 6.07 Å². The van der Waals surface area contributed by atoms with Crippen LogP contribution in [0.5, 0.6) is 0 Å². The molecule has 146 valence electrons. The van der Waals surface area contributed by atoms with Crippen molar-refractivity contribution >= 4 is 29.3 Å². The van der Waals surface area contributed by atoms with E-state index in [0.29, 0.717) is 13.1 Å². The quantitative estimate of drug-likeness (QED) is 0.653. The van der Waals surface area contributed by atoms with E-state index in [1.165, 1.54) is 0 Å². The normalized spacial score (nSPS) is 30.8. The van der Waals surface area contributed by atoms with Crippen LogP contribution in [0.1, 0.15) is 12.8 Å². The molecule has 8 heteroatoms. The Morgan fingerprint density at radius 2 is 2.30 bits per heavy atom. The number of amides is 2. The average Bonchev–Trinajstić information content (AvgIpc) is 3.31. The van der Waals surface area contributed by atoms with Crippen molar-refractivity contribution in [3.05, 3.63) is 24.3 Å². The number of ether oxygens (including phenoxy) is 1. The van der Waals surface area contributed by atoms with Gasteiger partial charge in [0.25, 0.3) is 0 Å². The molecule has 1 aromatic rings. The maximum atomic E-state index is 13.0. The molecule has 0 radical (unpaired) electrons. The summed E-state index contributed by atoms with van der Waals surface area (Å²) in [6.45, 7) is 2.87. The van der Waals surface area contributed by atoms with Crippen molar-refractivity contribution in [2.75, 3.05) is 37.8 Å². The number of piperidine rings is 1. The smallest absolute Gasteiger partial charge is 0.240 e. The van der Waals surface area contributed by atoms with Crippen molar-refractivity contribution in [2.24, 2.45) is 11.8 Å². The highest BCUT2D eigenvalue weighted by Gasteiger charge is 2.47. The van der Waals surface area contributed by atoms with Crippen molar-refractivity contribution in [3.63, 3.8) is 0 Å². The van der Waals surface area contributed by atoms with Crippen LogP contribution < -0.4 is 16.2 Å². The van der Waals surface area contributed by atoms with Crippen LogP contribution in [-0.2, 0) is 14.3 Å². The molecule has 2 amide bonds. The third kappa shape index (κ3) is 4.13. The Morgan fingerprint density at radius 3 is 3.07 bits per heavy atom. The first kappa shape index (κ1) is 18.7. The molecule has 4 unspecified atom stereocenters. The Hall–Kier alpha value is -1.61. The number of hydrogen-bond donors (Lipinski definition) is 3. The van der Waals surface area contributed by atoms with Crippen molar-refractivity contribution in [2.45, 2.75) is 29.9 Å². The zero-order valence-electron chi connectivity index (χ0n) is 15.4. The second-order valence-electron chi connectivity index (χ2n) is 7.45. The fourth-order valence-corrected chi connectivity index (χ4v) is 4.70. The number of carbonyl (C=O) groups is 2. The Morgan fingerprint density at radius 1 is 1.41 bits per heavy atom. The van der Waals surface area contributed by atoms with E-state index in [0.717, 1.165) is 36.6 Å². The van der Waals surface area contributed by atoms with E-state index in [4.69, 9.17) is 4.74 Å². The molecule has 1 aromatic carbocycles. The van der Waals surface area contributed by atoms with Crippen molar-refractivity contribution in [1.29, 1.82) is 0 Å². The summed E-state index contributed by atoms with van der Waals surface area (Å²) in [6, 6.07) is 7.64. The van der Waals surface area contributed by atoms with Gasteiger partial charge in [-0.3, -0.25) is 19.9 Å². The topological polar surface area (TPSA) is 82.7 Å². The van der Waals surface area contributed by atoms with Gasteiger partial charge in [0.2, 0.25) is 11.8 Å². The third-order valence-corrected chi connectivity index (χ3v) is 6.36. The number of hydrogen-bond acceptors (Lipinski definition) is 6. The summed E-state index contributed by atoms with van der Waals surface area (Å²) in [5, 5.41) is 3.04. The summed E-state index contributed by atoms with van der Waals surface area (Å²) in [4.78, 5) is 28.6. The molecule has 4 atom stereocenters. The van der Waals surface area contributed by atoms with Gasteiger partial charge in [-0.25, -0.2) is 5.43 Å². The van der Waals surface area contributed by atoms with Crippen LogP contribution in [0.4, 0.5) is 5.69 Å². The van der Waals surface area contributed by atoms with Gasteiger partial charge < -0.3 is 10.1 Å². The number of likely N-dealkylation sites (tertiary alicyclic amines) is 1. The molecule has 0 aliphatic carbocycles. The minimum absolute atomic E-state index is 0.0285. The lowest BCUT2D eigenvalue weighted by Crippen LogP contribution is -2.56. The third-order valence-electron chi connectivity index (χ3n) is 5.64. The molecule has 0 bridgehead atoms. The molecular formula is C19H26N4O3S. The van der Waals surface area contributed by atoms with Gasteiger partial charge in [0.05, 0.1) is 24.0 Å². The summed E-state index contributed by atoms with van der Waals surface area (Å²) < 4.78 is 5.75. The van der Waals surface area contributed by atoms with Crippen molar-refractivity contribution in [1.82, 2.24) is 15.8 Å². The van der Waals surface area contributed by atoms with Gasteiger partial charge in [0, 0.05) is 36.8 Å². The van der Waals surface area contributed by atoms with Crippen LogP contribution in [0.15, 0.2) is 29.2 Å². The van der Waals surface area contributed by atoms with E-state index in [1.54, 1.807) is 11.8 Å². The van der Waals surface area contributed by atoms with Crippen molar-refractivity contribution < 1.29 is 14.3 Å². The maximum absolute atomic E-state index is 13.0. The van der Waals surface area contributed by atoms with E-state index in [1.807, 2.05) is 30.5 Å². The molecule has 3 N–H and O–H groups in total. The lowest BCUT2D eigenvalue weighted by atomic mass is 9.83. The molecule has 7 nitrogen and oxygen atoms in total. The van der Waals surface area contributed by atoms with Gasteiger partial charge in [0.1, 0.15) is 0 Å². The molecule has 0 saturated carbocycles. The van der Waals surface area contributed by atoms with E-state index < -0.39 is 0 Å². The molecule has 0 aromatic heterocycles. The van der Waals surface area contributed by atoms with Gasteiger partial charge in [-0.15, -0.1) is 11.8 Å². The summed E-state index contributed by atoms with van der Waals surface area (Å²) >= 11 is 1.64. The van der Waals surface area contributed by atoms with Crippen LogP contribution in [0.25, 0.3) is 0 Å². The first-order chi connectivity index (χ1) is 13.1. The minimum Gasteiger partial charge on any atom is -0.377 e. The van der Waals surface area contributed by atoms with E-state index in [2.05, 4.69) is 21.1 Å². The lowest BCUT2D eigenvalue weighted by Gasteiger charge is -2.39. The molecular weight excluding hydrogens is 364 g/mol. The van der Waals surface area contributed by atoms with Crippen LogP contribution in [0, 0.1) is 11.8 Å². The Balaban J connectivity index is 1.47. The highest BCUT2D eigenvalue weighted by Crippen LogP contribution is 2.28. The van der Waals surface area contributed by atoms with Crippen LogP contribution in [-0.4, -0.2) is 61.4 Å². The monoisotopic (exact) mass is 390 g/mol. The standard InChI is InChI=1S/C19H26N4O3S/c1-27-14-6-2-4-12(8-14)20-18(24)15-10-23(9-13-5-3-7-26-13)11-16-17(15)21-22-19(16)25/h2,4,6,8,13,15-17,21H,3,5,7,9-11H2,1H3,(H,20,24)(H,22,25). The molecule has 3 aliphatic rings. The lowest BCUT2D eigenvalue weighted by molar-refractivity contribution is -0.127. The number of fused-ring (bicyclic) bond motifs is 1. The van der Waals surface area contributed by atoms with E-state index in [-0.39, 0.29) is 35.8 Å². The van der Waals surface area contributed by atoms with E-state index >= 15 is 0 Å². The second kappa shape index (κ2) is 8.18. The predicted molar refractivity (Wildman–Crippen MR) is 104 cm³/mol. The molecule has 3 heterocycles. The van der Waals surface area contributed by atoms with Gasteiger partial charge in [-0.2, -0.15) is 0 Å². The number of anilines is 1. The summed E-state index contributed by atoms with van der Waals surface area (Å²) in [7, 11) is 0. The Bertz CT molecular complexity index is 710.